The summed E-state index contributed by atoms with van der Waals surface area (Å²) >= 11 is 0. The largest absolute Gasteiger partial charge is 0.497 e. The zero-order chi connectivity index (χ0) is 23.3. The molecule has 5 rings (SSSR count). The number of furan rings is 1. The number of para-hydroxylation sites is 1. The average molecular weight is 458 g/mol. The van der Waals surface area contributed by atoms with Crippen molar-refractivity contribution in [2.45, 2.75) is 31.7 Å². The number of hydrogen-bond donors (Lipinski definition) is 2. The lowest BCUT2D eigenvalue weighted by atomic mass is 10.0. The van der Waals surface area contributed by atoms with Crippen molar-refractivity contribution >= 4 is 16.8 Å². The van der Waals surface area contributed by atoms with Crippen molar-refractivity contribution in [3.63, 3.8) is 0 Å². The van der Waals surface area contributed by atoms with Crippen molar-refractivity contribution in [1.29, 1.82) is 0 Å². The maximum Gasteiger partial charge on any atom is 0.220 e. The van der Waals surface area contributed by atoms with Gasteiger partial charge in [-0.2, -0.15) is 0 Å². The van der Waals surface area contributed by atoms with Gasteiger partial charge < -0.3 is 19.5 Å². The zero-order valence-corrected chi connectivity index (χ0v) is 19.5. The van der Waals surface area contributed by atoms with Crippen molar-refractivity contribution in [2.24, 2.45) is 0 Å². The Bertz CT molecular complexity index is 1220. The minimum absolute atomic E-state index is 0.0571. The van der Waals surface area contributed by atoms with Crippen molar-refractivity contribution in [3.8, 4) is 17.0 Å². The molecule has 0 spiro atoms. The molecule has 4 aromatic rings. The van der Waals surface area contributed by atoms with Gasteiger partial charge in [0.25, 0.3) is 0 Å². The van der Waals surface area contributed by atoms with Gasteiger partial charge in [-0.15, -0.1) is 0 Å². The number of aromatic amines is 1. The summed E-state index contributed by atoms with van der Waals surface area (Å²) in [6.45, 7) is 2.65. The molecule has 0 radical (unpaired) electrons. The fourth-order valence-electron chi connectivity index (χ4n) is 4.95. The first-order chi connectivity index (χ1) is 16.7. The van der Waals surface area contributed by atoms with Crippen molar-refractivity contribution in [3.05, 3.63) is 78.3 Å². The number of nitrogens with zero attached hydrogens (tertiary/aromatic N) is 1. The van der Waals surface area contributed by atoms with Gasteiger partial charge in [-0.1, -0.05) is 18.2 Å². The molecule has 6 nitrogen and oxygen atoms in total. The van der Waals surface area contributed by atoms with Gasteiger partial charge in [-0.25, -0.2) is 0 Å². The maximum atomic E-state index is 12.9. The number of nitrogens with one attached hydrogen (secondary N) is 2. The van der Waals surface area contributed by atoms with Crippen LogP contribution >= 0.6 is 0 Å². The van der Waals surface area contributed by atoms with Crippen LogP contribution in [0.3, 0.4) is 0 Å². The predicted octanol–water partition coefficient (Wildman–Crippen LogP) is 5.32. The standard InChI is InChI=1S/C28H31N3O3/c1-33-21-12-10-20(11-13-21)28-23(22-7-2-3-8-24(22)30-28)14-15-27(32)29-19-25(26-9-6-18-34-26)31-16-4-5-17-31/h2-3,6-13,18,25,30H,4-5,14-17,19H2,1H3,(H,29,32). The maximum absolute atomic E-state index is 12.9. The number of H-pyrrole nitrogens is 1. The van der Waals surface area contributed by atoms with Crippen molar-refractivity contribution in [2.75, 3.05) is 26.7 Å². The Morgan fingerprint density at radius 2 is 1.88 bits per heavy atom. The molecular formula is C28H31N3O3. The first-order valence-electron chi connectivity index (χ1n) is 12.0. The SMILES string of the molecule is COc1ccc(-c2[nH]c3ccccc3c2CCC(=O)NCC(c2ccco2)N2CCCC2)cc1. The molecule has 1 aliphatic rings. The number of aryl methyl sites for hydroxylation is 1. The van der Waals surface area contributed by atoms with E-state index in [9.17, 15) is 4.79 Å². The molecule has 0 bridgehead atoms. The molecule has 2 N–H and O–H groups in total. The number of ether oxygens (including phenoxy) is 1. The number of benzene rings is 2. The van der Waals surface area contributed by atoms with Gasteiger partial charge in [-0.05, 0) is 85.9 Å². The fraction of sp³-hybridized carbons (Fsp3) is 0.321. The number of carbonyl (C=O) groups excluding carboxylic acids is 1. The first kappa shape index (κ1) is 22.3. The monoisotopic (exact) mass is 457 g/mol. The average Bonchev–Trinajstić information content (AvgIpc) is 3.65. The third-order valence-electron chi connectivity index (χ3n) is 6.74. The summed E-state index contributed by atoms with van der Waals surface area (Å²) in [5.74, 6) is 1.80. The number of rotatable bonds is 9. The van der Waals surface area contributed by atoms with Gasteiger partial charge in [0.2, 0.25) is 5.91 Å². The Kier molecular flexibility index (Phi) is 6.67. The molecule has 176 valence electrons. The molecule has 1 saturated heterocycles. The number of amides is 1. The van der Waals surface area contributed by atoms with Crippen LogP contribution in [0.15, 0.2) is 71.3 Å². The second-order valence-electron chi connectivity index (χ2n) is 8.83. The molecule has 6 heteroatoms. The summed E-state index contributed by atoms with van der Waals surface area (Å²) in [5, 5.41) is 4.32. The van der Waals surface area contributed by atoms with E-state index in [-0.39, 0.29) is 11.9 Å². The molecular weight excluding hydrogens is 426 g/mol. The predicted molar refractivity (Wildman–Crippen MR) is 134 cm³/mol. The molecule has 2 aromatic carbocycles. The second-order valence-corrected chi connectivity index (χ2v) is 8.83. The first-order valence-corrected chi connectivity index (χ1v) is 12.0. The van der Waals surface area contributed by atoms with Crippen LogP contribution in [0.5, 0.6) is 5.75 Å². The molecule has 3 heterocycles. The summed E-state index contributed by atoms with van der Waals surface area (Å²) in [5.41, 5.74) is 4.38. The third kappa shape index (κ3) is 4.73. The minimum Gasteiger partial charge on any atom is -0.497 e. The summed E-state index contributed by atoms with van der Waals surface area (Å²) in [6.07, 6.45) is 5.18. The topological polar surface area (TPSA) is 70.5 Å². The Labute approximate surface area is 199 Å². The van der Waals surface area contributed by atoms with Gasteiger partial charge in [0, 0.05) is 29.6 Å². The van der Waals surface area contributed by atoms with E-state index in [4.69, 9.17) is 9.15 Å². The van der Waals surface area contributed by atoms with E-state index in [0.29, 0.717) is 19.4 Å². The zero-order valence-electron chi connectivity index (χ0n) is 19.5. The molecule has 34 heavy (non-hydrogen) atoms. The molecule has 2 aromatic heterocycles. The van der Waals surface area contributed by atoms with Crippen LogP contribution in [0.1, 0.15) is 36.6 Å². The molecule has 1 unspecified atom stereocenters. The number of methoxy groups -OCH3 is 1. The van der Waals surface area contributed by atoms with E-state index in [1.54, 1.807) is 13.4 Å². The quantitative estimate of drug-likeness (QED) is 0.357. The number of aromatic nitrogens is 1. The molecule has 1 fully saturated rings. The lowest BCUT2D eigenvalue weighted by molar-refractivity contribution is -0.121. The van der Waals surface area contributed by atoms with E-state index in [2.05, 4.69) is 39.5 Å². The van der Waals surface area contributed by atoms with Crippen LogP contribution in [0.4, 0.5) is 0 Å². The van der Waals surface area contributed by atoms with Crippen molar-refractivity contribution in [1.82, 2.24) is 15.2 Å². The summed E-state index contributed by atoms with van der Waals surface area (Å²) in [6, 6.07) is 20.3. The van der Waals surface area contributed by atoms with Crippen LogP contribution in [0.25, 0.3) is 22.2 Å². The van der Waals surface area contributed by atoms with E-state index in [0.717, 1.165) is 52.3 Å². The lowest BCUT2D eigenvalue weighted by Gasteiger charge is -2.26. The Morgan fingerprint density at radius 1 is 1.09 bits per heavy atom. The highest BCUT2D eigenvalue weighted by atomic mass is 16.5. The molecule has 0 saturated carbocycles. The fourth-order valence-corrected chi connectivity index (χ4v) is 4.95. The van der Waals surface area contributed by atoms with E-state index in [1.165, 1.54) is 12.8 Å². The molecule has 1 amide bonds. The summed E-state index contributed by atoms with van der Waals surface area (Å²) in [4.78, 5) is 18.9. The third-order valence-corrected chi connectivity index (χ3v) is 6.74. The van der Waals surface area contributed by atoms with Gasteiger partial charge >= 0.3 is 0 Å². The number of fused-ring (bicyclic) bond motifs is 1. The normalized spacial score (nSPS) is 15.0. The molecule has 0 aliphatic carbocycles. The second kappa shape index (κ2) is 10.2. The van der Waals surface area contributed by atoms with Gasteiger partial charge in [0.15, 0.2) is 0 Å². The number of carbonyl (C=O) groups is 1. The Morgan fingerprint density at radius 3 is 2.62 bits per heavy atom. The van der Waals surface area contributed by atoms with E-state index < -0.39 is 0 Å². The highest BCUT2D eigenvalue weighted by Crippen LogP contribution is 2.32. The van der Waals surface area contributed by atoms with Gasteiger partial charge in [0.05, 0.1) is 19.4 Å². The molecule has 1 atom stereocenters. The Hall–Kier alpha value is -3.51. The van der Waals surface area contributed by atoms with Crippen LogP contribution in [-0.4, -0.2) is 42.5 Å². The smallest absolute Gasteiger partial charge is 0.220 e. The van der Waals surface area contributed by atoms with Crippen LogP contribution < -0.4 is 10.1 Å². The Balaban J connectivity index is 1.30. The highest BCUT2D eigenvalue weighted by molar-refractivity contribution is 5.91. The number of hydrogen-bond acceptors (Lipinski definition) is 4. The van der Waals surface area contributed by atoms with Crippen LogP contribution in [0.2, 0.25) is 0 Å². The van der Waals surface area contributed by atoms with Crippen molar-refractivity contribution < 1.29 is 13.9 Å². The number of likely N-dealkylation sites (tertiary alicyclic amines) is 1. The summed E-state index contributed by atoms with van der Waals surface area (Å²) < 4.78 is 11.0. The van der Waals surface area contributed by atoms with Gasteiger partial charge in [-0.3, -0.25) is 9.69 Å². The van der Waals surface area contributed by atoms with Crippen LogP contribution in [-0.2, 0) is 11.2 Å². The summed E-state index contributed by atoms with van der Waals surface area (Å²) in [7, 11) is 1.67. The van der Waals surface area contributed by atoms with E-state index >= 15 is 0 Å². The minimum atomic E-state index is 0.0571. The lowest BCUT2D eigenvalue weighted by Crippen LogP contribution is -2.36. The van der Waals surface area contributed by atoms with E-state index in [1.807, 2.05) is 36.4 Å². The molecule has 1 aliphatic heterocycles. The highest BCUT2D eigenvalue weighted by Gasteiger charge is 2.26. The van der Waals surface area contributed by atoms with Crippen LogP contribution in [0, 0.1) is 0 Å². The van der Waals surface area contributed by atoms with Gasteiger partial charge in [0.1, 0.15) is 11.5 Å².